The van der Waals surface area contributed by atoms with Gasteiger partial charge in [-0.05, 0) is 50.8 Å². The van der Waals surface area contributed by atoms with Gasteiger partial charge in [-0.3, -0.25) is 0 Å². The molecular formula is C16H24O5. The summed E-state index contributed by atoms with van der Waals surface area (Å²) in [5.74, 6) is 0.0138. The molecular weight excluding hydrogens is 272 g/mol. The average molecular weight is 296 g/mol. The molecule has 0 aliphatic carbocycles. The molecule has 5 heteroatoms. The van der Waals surface area contributed by atoms with Crippen molar-refractivity contribution >= 4 is 5.97 Å². The predicted molar refractivity (Wildman–Crippen MR) is 80.2 cm³/mol. The number of unbranched alkanes of at least 4 members (excludes halogenated alkanes) is 1. The van der Waals surface area contributed by atoms with Crippen LogP contribution in [0.25, 0.3) is 0 Å². The van der Waals surface area contributed by atoms with Gasteiger partial charge in [0.15, 0.2) is 11.5 Å². The molecule has 0 radical (unpaired) electrons. The molecule has 2 N–H and O–H groups in total. The maximum Gasteiger partial charge on any atom is 0.335 e. The Morgan fingerprint density at radius 1 is 1.19 bits per heavy atom. The lowest BCUT2D eigenvalue weighted by atomic mass is 10.1. The summed E-state index contributed by atoms with van der Waals surface area (Å²) in [7, 11) is 0. The van der Waals surface area contributed by atoms with E-state index >= 15 is 0 Å². The van der Waals surface area contributed by atoms with Gasteiger partial charge in [0.05, 0.1) is 24.9 Å². The number of ether oxygens (including phenoxy) is 2. The molecule has 0 spiro atoms. The number of hydrogen-bond acceptors (Lipinski definition) is 4. The fraction of sp³-hybridized carbons (Fsp3) is 0.562. The van der Waals surface area contributed by atoms with Crippen molar-refractivity contribution in [2.24, 2.45) is 0 Å². The lowest BCUT2D eigenvalue weighted by molar-refractivity contribution is 0.0696. The van der Waals surface area contributed by atoms with E-state index in [0.29, 0.717) is 24.7 Å². The second-order valence-corrected chi connectivity index (χ2v) is 4.81. The Kier molecular flexibility index (Phi) is 7.61. The third-order valence-electron chi connectivity index (χ3n) is 3.15. The van der Waals surface area contributed by atoms with E-state index in [0.717, 1.165) is 25.7 Å². The van der Waals surface area contributed by atoms with Crippen LogP contribution in [0.15, 0.2) is 18.2 Å². The van der Waals surface area contributed by atoms with Crippen LogP contribution in [0.4, 0.5) is 0 Å². The van der Waals surface area contributed by atoms with Crippen LogP contribution in [0.5, 0.6) is 11.5 Å². The smallest absolute Gasteiger partial charge is 0.335 e. The normalized spacial score (nSPS) is 12.0. The standard InChI is InChI=1S/C16H24O5/c1-3-13(17)7-5-6-10-21-14-9-8-12(16(18)19)11-15(14)20-4-2/h8-9,11,13,17H,3-7,10H2,1-2H3,(H,18,19). The van der Waals surface area contributed by atoms with Crippen LogP contribution in [0.2, 0.25) is 0 Å². The summed E-state index contributed by atoms with van der Waals surface area (Å²) in [6, 6.07) is 4.60. The predicted octanol–water partition coefficient (Wildman–Crippen LogP) is 3.10. The molecule has 0 amide bonds. The van der Waals surface area contributed by atoms with Gasteiger partial charge < -0.3 is 19.7 Å². The monoisotopic (exact) mass is 296 g/mol. The Morgan fingerprint density at radius 2 is 1.95 bits per heavy atom. The maximum absolute atomic E-state index is 10.9. The summed E-state index contributed by atoms with van der Waals surface area (Å²) >= 11 is 0. The summed E-state index contributed by atoms with van der Waals surface area (Å²) < 4.78 is 11.1. The summed E-state index contributed by atoms with van der Waals surface area (Å²) in [6.45, 7) is 4.76. The van der Waals surface area contributed by atoms with E-state index in [1.807, 2.05) is 13.8 Å². The van der Waals surface area contributed by atoms with Crippen LogP contribution >= 0.6 is 0 Å². The second-order valence-electron chi connectivity index (χ2n) is 4.81. The van der Waals surface area contributed by atoms with Crippen molar-refractivity contribution in [1.82, 2.24) is 0 Å². The number of aliphatic hydroxyl groups excluding tert-OH is 1. The molecule has 1 aromatic rings. The van der Waals surface area contributed by atoms with E-state index in [1.165, 1.54) is 12.1 Å². The van der Waals surface area contributed by atoms with Crippen LogP contribution in [-0.2, 0) is 0 Å². The fourth-order valence-corrected chi connectivity index (χ4v) is 1.90. The number of carboxylic acids is 1. The van der Waals surface area contributed by atoms with E-state index in [4.69, 9.17) is 14.6 Å². The highest BCUT2D eigenvalue weighted by molar-refractivity contribution is 5.88. The number of carboxylic acid groups (broad SMARTS) is 1. The zero-order valence-electron chi connectivity index (χ0n) is 12.7. The Labute approximate surface area is 125 Å². The molecule has 0 aliphatic rings. The van der Waals surface area contributed by atoms with Crippen molar-refractivity contribution in [2.75, 3.05) is 13.2 Å². The molecule has 118 valence electrons. The van der Waals surface area contributed by atoms with Crippen LogP contribution in [0.3, 0.4) is 0 Å². The van der Waals surface area contributed by atoms with E-state index in [2.05, 4.69) is 0 Å². The third-order valence-corrected chi connectivity index (χ3v) is 3.15. The van der Waals surface area contributed by atoms with Gasteiger partial charge in [-0.2, -0.15) is 0 Å². The van der Waals surface area contributed by atoms with Gasteiger partial charge in [0.25, 0.3) is 0 Å². The van der Waals surface area contributed by atoms with Crippen molar-refractivity contribution in [2.45, 2.75) is 45.6 Å². The average Bonchev–Trinajstić information content (AvgIpc) is 2.47. The van der Waals surface area contributed by atoms with Gasteiger partial charge in [-0.25, -0.2) is 4.79 Å². The SMILES string of the molecule is CCOc1cc(C(=O)O)ccc1OCCCCC(O)CC. The molecule has 0 saturated heterocycles. The highest BCUT2D eigenvalue weighted by Crippen LogP contribution is 2.28. The van der Waals surface area contributed by atoms with Crippen LogP contribution in [0, 0.1) is 0 Å². The first-order valence-electron chi connectivity index (χ1n) is 7.39. The van der Waals surface area contributed by atoms with E-state index in [-0.39, 0.29) is 11.7 Å². The topological polar surface area (TPSA) is 76.0 Å². The molecule has 0 saturated carbocycles. The van der Waals surface area contributed by atoms with Crippen LogP contribution in [-0.4, -0.2) is 35.5 Å². The van der Waals surface area contributed by atoms with Gasteiger partial charge in [0, 0.05) is 0 Å². The molecule has 0 heterocycles. The molecule has 1 rings (SSSR count). The van der Waals surface area contributed by atoms with Crippen molar-refractivity contribution in [3.05, 3.63) is 23.8 Å². The summed E-state index contributed by atoms with van der Waals surface area (Å²) in [5, 5.41) is 18.4. The summed E-state index contributed by atoms with van der Waals surface area (Å²) in [5.41, 5.74) is 0.178. The van der Waals surface area contributed by atoms with E-state index < -0.39 is 5.97 Å². The Balaban J connectivity index is 2.51. The molecule has 0 bridgehead atoms. The first-order chi connectivity index (χ1) is 10.1. The third kappa shape index (κ3) is 6.04. The number of carbonyl (C=O) groups is 1. The Morgan fingerprint density at radius 3 is 2.57 bits per heavy atom. The first kappa shape index (κ1) is 17.3. The van der Waals surface area contributed by atoms with Crippen molar-refractivity contribution in [3.8, 4) is 11.5 Å². The lowest BCUT2D eigenvalue weighted by Gasteiger charge is -2.13. The van der Waals surface area contributed by atoms with Gasteiger partial charge in [0.2, 0.25) is 0 Å². The van der Waals surface area contributed by atoms with Gasteiger partial charge in [-0.15, -0.1) is 0 Å². The maximum atomic E-state index is 10.9. The quantitative estimate of drug-likeness (QED) is 0.649. The molecule has 1 unspecified atom stereocenters. The minimum absolute atomic E-state index is 0.178. The van der Waals surface area contributed by atoms with Gasteiger partial charge >= 0.3 is 5.97 Å². The highest BCUT2D eigenvalue weighted by atomic mass is 16.5. The molecule has 1 atom stereocenters. The number of aliphatic hydroxyl groups is 1. The Hall–Kier alpha value is -1.75. The minimum atomic E-state index is -0.990. The zero-order valence-corrected chi connectivity index (χ0v) is 12.7. The molecule has 0 aromatic heterocycles. The summed E-state index contributed by atoms with van der Waals surface area (Å²) in [6.07, 6.45) is 3.04. The van der Waals surface area contributed by atoms with Crippen molar-refractivity contribution in [1.29, 1.82) is 0 Å². The highest BCUT2D eigenvalue weighted by Gasteiger charge is 2.10. The number of hydrogen-bond donors (Lipinski definition) is 2. The molecule has 1 aromatic carbocycles. The first-order valence-corrected chi connectivity index (χ1v) is 7.39. The van der Waals surface area contributed by atoms with Crippen molar-refractivity contribution < 1.29 is 24.5 Å². The molecule has 0 fully saturated rings. The zero-order chi connectivity index (χ0) is 15.7. The van der Waals surface area contributed by atoms with E-state index in [9.17, 15) is 9.90 Å². The Bertz CT molecular complexity index is 444. The van der Waals surface area contributed by atoms with Gasteiger partial charge in [0.1, 0.15) is 0 Å². The fourth-order valence-electron chi connectivity index (χ4n) is 1.90. The van der Waals surface area contributed by atoms with Crippen LogP contribution < -0.4 is 9.47 Å². The van der Waals surface area contributed by atoms with Crippen molar-refractivity contribution in [3.63, 3.8) is 0 Å². The number of rotatable bonds is 10. The number of benzene rings is 1. The van der Waals surface area contributed by atoms with Gasteiger partial charge in [-0.1, -0.05) is 6.92 Å². The van der Waals surface area contributed by atoms with E-state index in [1.54, 1.807) is 6.07 Å². The largest absolute Gasteiger partial charge is 0.490 e. The molecule has 0 aliphatic heterocycles. The minimum Gasteiger partial charge on any atom is -0.490 e. The molecule has 5 nitrogen and oxygen atoms in total. The second kappa shape index (κ2) is 9.23. The lowest BCUT2D eigenvalue weighted by Crippen LogP contribution is -2.06. The van der Waals surface area contributed by atoms with Crippen LogP contribution in [0.1, 0.15) is 49.9 Å². The number of aromatic carboxylic acids is 1. The molecule has 21 heavy (non-hydrogen) atoms. The summed E-state index contributed by atoms with van der Waals surface area (Å²) in [4.78, 5) is 10.9.